The molecule has 2 atom stereocenters. The van der Waals surface area contributed by atoms with Gasteiger partial charge < -0.3 is 30.1 Å². The number of anilines is 1. The zero-order chi connectivity index (χ0) is 27.3. The molecule has 2 N–H and O–H groups in total. The van der Waals surface area contributed by atoms with E-state index in [2.05, 4.69) is 20.8 Å². The van der Waals surface area contributed by atoms with Gasteiger partial charge in [-0.25, -0.2) is 4.98 Å². The summed E-state index contributed by atoms with van der Waals surface area (Å²) in [5.41, 5.74) is -0.572. The van der Waals surface area contributed by atoms with Gasteiger partial charge in [0.2, 0.25) is 5.91 Å². The van der Waals surface area contributed by atoms with E-state index in [4.69, 9.17) is 21.2 Å². The maximum atomic E-state index is 12.9. The molecule has 0 spiro atoms. The molecule has 38 heavy (non-hydrogen) atoms. The molecule has 0 aromatic carbocycles. The zero-order valence-corrected chi connectivity index (χ0v) is 24.7. The van der Waals surface area contributed by atoms with Crippen molar-refractivity contribution >= 4 is 81.0 Å². The van der Waals surface area contributed by atoms with E-state index in [0.717, 1.165) is 28.0 Å². The van der Waals surface area contributed by atoms with Crippen molar-refractivity contribution in [1.82, 2.24) is 15.2 Å². The molecule has 1 saturated heterocycles. The number of carbonyl (C=O) groups excluding carboxylic acids is 6. The Kier molecular flexibility index (Phi) is 11.7. The van der Waals surface area contributed by atoms with Crippen molar-refractivity contribution in [2.45, 2.75) is 24.8 Å². The van der Waals surface area contributed by atoms with Gasteiger partial charge in [0.25, 0.3) is 11.8 Å². The number of aromatic nitrogens is 1. The number of carbonyl (C=O) groups is 6. The largest absolute Gasteiger partial charge is 1.00 e. The molecule has 0 unspecified atom stereocenters. The summed E-state index contributed by atoms with van der Waals surface area (Å²) < 4.78 is 4.95. The van der Waals surface area contributed by atoms with Gasteiger partial charge in [0.1, 0.15) is 48.9 Å². The fourth-order valence-corrected chi connectivity index (χ4v) is 5.41. The van der Waals surface area contributed by atoms with Crippen molar-refractivity contribution in [3.63, 3.8) is 0 Å². The molecular weight excluding hydrogens is 577 g/mol. The van der Waals surface area contributed by atoms with E-state index in [1.54, 1.807) is 0 Å². The number of halogens is 1. The number of ketones is 1. The van der Waals surface area contributed by atoms with Crippen LogP contribution in [-0.4, -0.2) is 87.8 Å². The monoisotopic (exact) mass is 595 g/mol. The standard InChI is InChI=1S/C20H20ClN5O9S2.Na/c1-8(27)3-12(29)35-5-9-6-36-18-14(17(31)26(18)15(9)19(32)33)24-16(30)13(25-34-2)10-7-37-20(22-10)23-11(28)4-21;/h7,14,18H,3-6H2,1-2H3,(H,24,30)(H,32,33)(H,22,23,28);/q;+1/p-1/b25-13-;/t14-,18+;/m1./s1. The topological polar surface area (TPSA) is 196 Å². The molecule has 0 saturated carbocycles. The number of amides is 3. The number of hydrogen-bond donors (Lipinski definition) is 2. The molecule has 0 aliphatic carbocycles. The number of carboxylic acid groups (broad SMARTS) is 1. The number of esters is 1. The van der Waals surface area contributed by atoms with Gasteiger partial charge in [0, 0.05) is 16.7 Å². The third kappa shape index (κ3) is 7.33. The van der Waals surface area contributed by atoms with E-state index in [0.29, 0.717) is 0 Å². The summed E-state index contributed by atoms with van der Waals surface area (Å²) in [6.07, 6.45) is -0.467. The third-order valence-electron chi connectivity index (χ3n) is 4.84. The van der Waals surface area contributed by atoms with Gasteiger partial charge in [-0.15, -0.1) is 34.7 Å². The molecule has 3 amide bonds. The first-order valence-corrected chi connectivity index (χ1v) is 12.8. The second-order valence-corrected chi connectivity index (χ2v) is 9.71. The molecule has 2 aliphatic rings. The first-order chi connectivity index (χ1) is 17.6. The number of β-lactam (4-membered cyclic amide) rings is 1. The predicted molar refractivity (Wildman–Crippen MR) is 128 cm³/mol. The Bertz CT molecular complexity index is 1220. The van der Waals surface area contributed by atoms with Gasteiger partial charge in [0.05, 0.1) is 11.7 Å². The number of thioether (sulfide) groups is 1. The number of nitrogens with one attached hydrogen (secondary N) is 2. The second-order valence-electron chi connectivity index (χ2n) is 7.48. The minimum Gasteiger partial charge on any atom is -0.543 e. The zero-order valence-electron chi connectivity index (χ0n) is 20.3. The van der Waals surface area contributed by atoms with Crippen LogP contribution in [0.4, 0.5) is 5.13 Å². The molecule has 1 fully saturated rings. The number of hydrogen-bond acceptors (Lipinski definition) is 13. The number of nitrogens with zero attached hydrogens (tertiary/aromatic N) is 3. The summed E-state index contributed by atoms with van der Waals surface area (Å²) in [7, 11) is 1.20. The van der Waals surface area contributed by atoms with E-state index in [1.165, 1.54) is 19.4 Å². The van der Waals surface area contributed by atoms with Crippen molar-refractivity contribution in [2.75, 3.05) is 30.7 Å². The summed E-state index contributed by atoms with van der Waals surface area (Å²) in [6, 6.07) is -1.11. The SMILES string of the molecule is CO/N=C(\C(=O)N[C@@H]1C(=O)N2C(C(=O)[O-])=C(COC(=O)CC(C)=O)CS[C@@H]12)c1csc(NC(=O)CCl)n1.[Na+]. The Hall–Kier alpha value is -2.50. The Morgan fingerprint density at radius 2 is 2.03 bits per heavy atom. The van der Waals surface area contributed by atoms with Crippen LogP contribution < -0.4 is 45.3 Å². The molecule has 18 heteroatoms. The minimum absolute atomic E-state index is 0. The Morgan fingerprint density at radius 3 is 2.63 bits per heavy atom. The Balaban J connectivity index is 0.00000507. The molecular formula is C20H19ClN5NaO9S2. The van der Waals surface area contributed by atoms with Crippen molar-refractivity contribution in [2.24, 2.45) is 5.16 Å². The van der Waals surface area contributed by atoms with Crippen LogP contribution in [0.5, 0.6) is 0 Å². The first kappa shape index (κ1) is 31.7. The normalized spacial score (nSPS) is 18.4. The molecule has 1 aromatic heterocycles. The van der Waals surface area contributed by atoms with Crippen LogP contribution in [0.1, 0.15) is 19.0 Å². The molecule has 3 heterocycles. The Labute approximate surface area is 250 Å². The maximum absolute atomic E-state index is 12.9. The van der Waals surface area contributed by atoms with Gasteiger partial charge in [-0.3, -0.25) is 28.9 Å². The van der Waals surface area contributed by atoms with Crippen LogP contribution in [0.25, 0.3) is 0 Å². The van der Waals surface area contributed by atoms with Gasteiger partial charge in [-0.05, 0) is 6.92 Å². The molecule has 198 valence electrons. The van der Waals surface area contributed by atoms with Gasteiger partial charge in [0.15, 0.2) is 10.8 Å². The molecule has 3 rings (SSSR count). The number of thiazole rings is 1. The first-order valence-electron chi connectivity index (χ1n) is 10.3. The van der Waals surface area contributed by atoms with E-state index in [9.17, 15) is 33.9 Å². The van der Waals surface area contributed by atoms with Gasteiger partial charge in [-0.2, -0.15) is 0 Å². The summed E-state index contributed by atoms with van der Waals surface area (Å²) in [6.45, 7) is 0.768. The number of oxime groups is 1. The van der Waals surface area contributed by atoms with Crippen molar-refractivity contribution in [1.29, 1.82) is 0 Å². The van der Waals surface area contributed by atoms with E-state index in [-0.39, 0.29) is 63.3 Å². The number of aliphatic carboxylic acids is 1. The van der Waals surface area contributed by atoms with Crippen LogP contribution >= 0.6 is 34.7 Å². The molecule has 14 nitrogen and oxygen atoms in total. The molecule has 1 aromatic rings. The van der Waals surface area contributed by atoms with Crippen LogP contribution in [0.15, 0.2) is 21.8 Å². The maximum Gasteiger partial charge on any atom is 1.00 e. The number of ether oxygens (including phenoxy) is 1. The number of Topliss-reactive ketones (excluding diaryl/α,β-unsaturated/α-hetero) is 1. The van der Waals surface area contributed by atoms with Crippen molar-refractivity contribution < 1.29 is 73.0 Å². The third-order valence-corrected chi connectivity index (χ3v) is 7.18. The van der Waals surface area contributed by atoms with E-state index in [1.807, 2.05) is 0 Å². The Morgan fingerprint density at radius 1 is 1.32 bits per heavy atom. The molecule has 0 bridgehead atoms. The van der Waals surface area contributed by atoms with E-state index < -0.39 is 65.6 Å². The van der Waals surface area contributed by atoms with Crippen LogP contribution in [0.3, 0.4) is 0 Å². The number of alkyl halides is 1. The molecule has 2 aliphatic heterocycles. The number of carboxylic acids is 1. The van der Waals surface area contributed by atoms with Crippen LogP contribution in [0, 0.1) is 0 Å². The predicted octanol–water partition coefficient (Wildman–Crippen LogP) is -4.40. The van der Waals surface area contributed by atoms with E-state index >= 15 is 0 Å². The smallest absolute Gasteiger partial charge is 0.543 e. The van der Waals surface area contributed by atoms with Crippen molar-refractivity contribution in [3.8, 4) is 0 Å². The molecule has 0 radical (unpaired) electrons. The fourth-order valence-electron chi connectivity index (χ4n) is 3.30. The minimum atomic E-state index is -1.66. The summed E-state index contributed by atoms with van der Waals surface area (Å²) >= 11 is 7.59. The van der Waals surface area contributed by atoms with Crippen LogP contribution in [0.2, 0.25) is 0 Å². The summed E-state index contributed by atoms with van der Waals surface area (Å²) in [5.74, 6) is -5.20. The second kappa shape index (κ2) is 14.0. The average molecular weight is 596 g/mol. The fraction of sp³-hybridized carbons (Fsp3) is 0.400. The average Bonchev–Trinajstić information content (AvgIpc) is 3.30. The number of fused-ring (bicyclic) bond motifs is 1. The number of rotatable bonds is 11. The van der Waals surface area contributed by atoms with Crippen LogP contribution in [-0.2, 0) is 38.3 Å². The summed E-state index contributed by atoms with van der Waals surface area (Å²) in [5, 5.41) is 21.2. The summed E-state index contributed by atoms with van der Waals surface area (Å²) in [4.78, 5) is 81.4. The van der Waals surface area contributed by atoms with Crippen molar-refractivity contribution in [3.05, 3.63) is 22.3 Å². The quantitative estimate of drug-likeness (QED) is 0.0476. The van der Waals surface area contributed by atoms with Gasteiger partial charge in [-0.1, -0.05) is 5.16 Å². The van der Waals surface area contributed by atoms with Gasteiger partial charge >= 0.3 is 35.5 Å².